The van der Waals surface area contributed by atoms with Crippen molar-refractivity contribution in [3.05, 3.63) is 59.5 Å². The second kappa shape index (κ2) is 4.73. The van der Waals surface area contributed by atoms with Crippen molar-refractivity contribution in [2.24, 2.45) is 0 Å². The van der Waals surface area contributed by atoms with Crippen LogP contribution in [0, 0.1) is 13.8 Å². The summed E-state index contributed by atoms with van der Waals surface area (Å²) in [6.45, 7) is 10.9. The first-order valence-electron chi connectivity index (χ1n) is 7.37. The molecule has 0 fully saturated rings. The van der Waals surface area contributed by atoms with Crippen molar-refractivity contribution in [2.75, 3.05) is 0 Å². The summed E-state index contributed by atoms with van der Waals surface area (Å²) in [5.41, 5.74) is 7.22. The summed E-state index contributed by atoms with van der Waals surface area (Å²) in [6, 6.07) is 13.0. The van der Waals surface area contributed by atoms with Gasteiger partial charge in [0, 0.05) is 18.2 Å². The minimum atomic E-state index is 0.176. The third-order valence-electron chi connectivity index (χ3n) is 4.13. The van der Waals surface area contributed by atoms with Crippen molar-refractivity contribution < 1.29 is 8.98 Å². The van der Waals surface area contributed by atoms with Gasteiger partial charge in [-0.3, -0.25) is 0 Å². The zero-order chi connectivity index (χ0) is 15.2. The number of oxazole rings is 1. The highest BCUT2D eigenvalue weighted by molar-refractivity contribution is 5.71. The van der Waals surface area contributed by atoms with E-state index in [1.54, 1.807) is 6.39 Å². The first-order chi connectivity index (χ1) is 9.86. The molecule has 0 aliphatic heterocycles. The van der Waals surface area contributed by atoms with Crippen LogP contribution in [0.5, 0.6) is 0 Å². The standard InChI is InChI=1S/C19H22NO/c1-13-10-17-18(11-14(13)2)21-12-20(17)16-8-6-15(7-9-16)19(3,4)5/h6-12H,1-5H3/q+1. The van der Waals surface area contributed by atoms with E-state index in [-0.39, 0.29) is 5.41 Å². The van der Waals surface area contributed by atoms with Gasteiger partial charge < -0.3 is 4.42 Å². The Labute approximate surface area is 126 Å². The molecule has 108 valence electrons. The largest absolute Gasteiger partial charge is 0.403 e. The van der Waals surface area contributed by atoms with Gasteiger partial charge in [0.1, 0.15) is 0 Å². The predicted octanol–water partition coefficient (Wildman–Crippen LogP) is 4.62. The Kier molecular flexibility index (Phi) is 3.12. The van der Waals surface area contributed by atoms with E-state index in [2.05, 4.69) is 75.6 Å². The van der Waals surface area contributed by atoms with Crippen LogP contribution < -0.4 is 4.57 Å². The Morgan fingerprint density at radius 2 is 1.52 bits per heavy atom. The van der Waals surface area contributed by atoms with Crippen molar-refractivity contribution in [1.82, 2.24) is 0 Å². The molecule has 0 aliphatic carbocycles. The molecule has 0 atom stereocenters. The van der Waals surface area contributed by atoms with Crippen molar-refractivity contribution in [3.63, 3.8) is 0 Å². The Morgan fingerprint density at radius 3 is 2.14 bits per heavy atom. The van der Waals surface area contributed by atoms with Gasteiger partial charge in [-0.05, 0) is 42.0 Å². The molecule has 0 saturated carbocycles. The zero-order valence-corrected chi connectivity index (χ0v) is 13.4. The Bertz CT molecular complexity index is 789. The smallest absolute Gasteiger partial charge is 0.341 e. The predicted molar refractivity (Wildman–Crippen MR) is 85.9 cm³/mol. The van der Waals surface area contributed by atoms with E-state index in [0.29, 0.717) is 0 Å². The van der Waals surface area contributed by atoms with E-state index in [1.165, 1.54) is 16.7 Å². The second-order valence-electron chi connectivity index (χ2n) is 6.79. The highest BCUT2D eigenvalue weighted by Crippen LogP contribution is 2.23. The number of benzene rings is 2. The van der Waals surface area contributed by atoms with E-state index < -0.39 is 0 Å². The molecule has 0 aliphatic rings. The molecular weight excluding hydrogens is 258 g/mol. The molecule has 21 heavy (non-hydrogen) atoms. The number of aryl methyl sites for hydroxylation is 2. The molecule has 0 radical (unpaired) electrons. The van der Waals surface area contributed by atoms with Crippen LogP contribution in [0.4, 0.5) is 0 Å². The maximum absolute atomic E-state index is 5.70. The molecule has 3 rings (SSSR count). The molecule has 0 unspecified atom stereocenters. The highest BCUT2D eigenvalue weighted by atomic mass is 16.3. The molecule has 2 heteroatoms. The van der Waals surface area contributed by atoms with Gasteiger partial charge in [0.2, 0.25) is 11.3 Å². The van der Waals surface area contributed by atoms with Gasteiger partial charge in [-0.25, -0.2) is 0 Å². The zero-order valence-electron chi connectivity index (χ0n) is 13.4. The van der Waals surface area contributed by atoms with Gasteiger partial charge in [0.05, 0.1) is 0 Å². The first kappa shape index (κ1) is 13.9. The van der Waals surface area contributed by atoms with Crippen LogP contribution in [0.3, 0.4) is 0 Å². The number of hydrogen-bond donors (Lipinski definition) is 0. The Balaban J connectivity index is 2.10. The minimum Gasteiger partial charge on any atom is -0.403 e. The second-order valence-corrected chi connectivity index (χ2v) is 6.79. The van der Waals surface area contributed by atoms with Crippen molar-refractivity contribution in [1.29, 1.82) is 0 Å². The molecule has 2 aromatic carbocycles. The van der Waals surface area contributed by atoms with Crippen LogP contribution >= 0.6 is 0 Å². The van der Waals surface area contributed by atoms with E-state index in [4.69, 9.17) is 4.42 Å². The fourth-order valence-corrected chi connectivity index (χ4v) is 2.55. The topological polar surface area (TPSA) is 17.0 Å². The summed E-state index contributed by atoms with van der Waals surface area (Å²) in [4.78, 5) is 0. The summed E-state index contributed by atoms with van der Waals surface area (Å²) >= 11 is 0. The van der Waals surface area contributed by atoms with E-state index in [1.807, 2.05) is 0 Å². The lowest BCUT2D eigenvalue weighted by Gasteiger charge is -2.18. The van der Waals surface area contributed by atoms with Gasteiger partial charge in [-0.15, -0.1) is 4.57 Å². The van der Waals surface area contributed by atoms with Gasteiger partial charge in [-0.2, -0.15) is 0 Å². The van der Waals surface area contributed by atoms with Gasteiger partial charge >= 0.3 is 6.39 Å². The molecule has 0 N–H and O–H groups in total. The van der Waals surface area contributed by atoms with E-state index >= 15 is 0 Å². The summed E-state index contributed by atoms with van der Waals surface area (Å²) in [7, 11) is 0. The molecule has 0 bridgehead atoms. The number of nitrogens with zero attached hydrogens (tertiary/aromatic N) is 1. The maximum Gasteiger partial charge on any atom is 0.341 e. The first-order valence-corrected chi connectivity index (χ1v) is 7.37. The van der Waals surface area contributed by atoms with Crippen molar-refractivity contribution in [2.45, 2.75) is 40.0 Å². The monoisotopic (exact) mass is 280 g/mol. The molecule has 2 nitrogen and oxygen atoms in total. The van der Waals surface area contributed by atoms with E-state index in [9.17, 15) is 0 Å². The number of rotatable bonds is 1. The fraction of sp³-hybridized carbons (Fsp3) is 0.316. The Hall–Kier alpha value is -2.09. The van der Waals surface area contributed by atoms with Gasteiger partial charge in [0.15, 0.2) is 0 Å². The SMILES string of the molecule is Cc1cc2oc[n+](-c3ccc(C(C)(C)C)cc3)c2cc1C. The van der Waals surface area contributed by atoms with Crippen LogP contribution in [-0.4, -0.2) is 0 Å². The lowest BCUT2D eigenvalue weighted by molar-refractivity contribution is -0.573. The van der Waals surface area contributed by atoms with Crippen LogP contribution in [0.2, 0.25) is 0 Å². The van der Waals surface area contributed by atoms with Crippen molar-refractivity contribution in [3.8, 4) is 5.69 Å². The average Bonchev–Trinajstić information content (AvgIpc) is 2.81. The molecule has 1 heterocycles. The maximum atomic E-state index is 5.70. The summed E-state index contributed by atoms with van der Waals surface area (Å²) in [6.07, 6.45) is 1.79. The van der Waals surface area contributed by atoms with Crippen molar-refractivity contribution >= 4 is 11.1 Å². The molecule has 0 saturated heterocycles. The lowest BCUT2D eigenvalue weighted by Crippen LogP contribution is -2.28. The van der Waals surface area contributed by atoms with Gasteiger partial charge in [0.25, 0.3) is 5.52 Å². The lowest BCUT2D eigenvalue weighted by atomic mass is 9.87. The minimum absolute atomic E-state index is 0.176. The molecule has 3 aromatic rings. The highest BCUT2D eigenvalue weighted by Gasteiger charge is 2.19. The number of aromatic nitrogens is 1. The van der Waals surface area contributed by atoms with Crippen LogP contribution in [0.1, 0.15) is 37.5 Å². The third kappa shape index (κ3) is 2.46. The fourth-order valence-electron chi connectivity index (χ4n) is 2.55. The summed E-state index contributed by atoms with van der Waals surface area (Å²) in [5, 5.41) is 0. The average molecular weight is 280 g/mol. The normalized spacial score (nSPS) is 12.0. The third-order valence-corrected chi connectivity index (χ3v) is 4.13. The molecule has 0 amide bonds. The molecule has 1 aromatic heterocycles. The Morgan fingerprint density at radius 1 is 0.905 bits per heavy atom. The summed E-state index contributed by atoms with van der Waals surface area (Å²) in [5.74, 6) is 0. The quantitative estimate of drug-likeness (QED) is 0.594. The molecule has 0 spiro atoms. The van der Waals surface area contributed by atoms with Crippen LogP contribution in [-0.2, 0) is 5.41 Å². The van der Waals surface area contributed by atoms with Crippen LogP contribution in [0.25, 0.3) is 16.8 Å². The van der Waals surface area contributed by atoms with E-state index in [0.717, 1.165) is 16.8 Å². The van der Waals surface area contributed by atoms with Gasteiger partial charge in [-0.1, -0.05) is 32.9 Å². The number of hydrogen-bond acceptors (Lipinski definition) is 1. The van der Waals surface area contributed by atoms with Crippen LogP contribution in [0.15, 0.2) is 47.2 Å². The summed E-state index contributed by atoms with van der Waals surface area (Å²) < 4.78 is 7.81. The molecular formula is C19H22NO+. The number of fused-ring (bicyclic) bond motifs is 1.